The number of hydrogen-bond acceptors (Lipinski definition) is 5. The van der Waals surface area contributed by atoms with Gasteiger partial charge in [0, 0.05) is 42.8 Å². The van der Waals surface area contributed by atoms with Crippen molar-refractivity contribution < 1.29 is 9.53 Å². The summed E-state index contributed by atoms with van der Waals surface area (Å²) in [6.07, 6.45) is 4.78. The Morgan fingerprint density at radius 3 is 3.00 bits per heavy atom. The first-order valence-corrected chi connectivity index (χ1v) is 11.5. The minimum absolute atomic E-state index is 0.0857. The van der Waals surface area contributed by atoms with Crippen LogP contribution in [0.25, 0.3) is 0 Å². The SMILES string of the molecule is Cc1nn(C)c(C)c1CN1CCO[C@@]2(CCCC[C@H]2NC(=O)Cc2cccs2)C1. The summed E-state index contributed by atoms with van der Waals surface area (Å²) < 4.78 is 8.38. The largest absolute Gasteiger partial charge is 0.370 e. The number of hydrogen-bond donors (Lipinski definition) is 1. The molecular weight excluding hydrogens is 384 g/mol. The number of carbonyl (C=O) groups is 1. The third kappa shape index (κ3) is 4.42. The molecule has 2 aliphatic rings. The number of thiophene rings is 1. The summed E-state index contributed by atoms with van der Waals surface area (Å²) in [6, 6.07) is 4.11. The second-order valence-corrected chi connectivity index (χ2v) is 9.55. The summed E-state index contributed by atoms with van der Waals surface area (Å²) in [4.78, 5) is 16.3. The van der Waals surface area contributed by atoms with Crippen LogP contribution in [-0.2, 0) is 29.5 Å². The van der Waals surface area contributed by atoms with Crippen LogP contribution in [0, 0.1) is 13.8 Å². The number of rotatable bonds is 5. The van der Waals surface area contributed by atoms with Gasteiger partial charge in [-0.25, -0.2) is 0 Å². The molecule has 2 aromatic rings. The van der Waals surface area contributed by atoms with E-state index in [1.807, 2.05) is 29.2 Å². The molecule has 1 saturated heterocycles. The van der Waals surface area contributed by atoms with Crippen LogP contribution in [0.1, 0.15) is 47.5 Å². The second-order valence-electron chi connectivity index (χ2n) is 8.52. The van der Waals surface area contributed by atoms with Gasteiger partial charge in [0.25, 0.3) is 0 Å². The van der Waals surface area contributed by atoms with Crippen LogP contribution in [0.15, 0.2) is 17.5 Å². The Morgan fingerprint density at radius 1 is 1.41 bits per heavy atom. The van der Waals surface area contributed by atoms with Crippen LogP contribution < -0.4 is 5.32 Å². The van der Waals surface area contributed by atoms with Gasteiger partial charge in [-0.05, 0) is 38.1 Å². The van der Waals surface area contributed by atoms with E-state index >= 15 is 0 Å². The van der Waals surface area contributed by atoms with E-state index in [0.717, 1.165) is 62.5 Å². The number of amides is 1. The first-order chi connectivity index (χ1) is 14.0. The molecule has 1 spiro atoms. The minimum Gasteiger partial charge on any atom is -0.370 e. The second kappa shape index (κ2) is 8.58. The van der Waals surface area contributed by atoms with E-state index in [2.05, 4.69) is 29.2 Å². The van der Waals surface area contributed by atoms with Gasteiger partial charge in [-0.15, -0.1) is 11.3 Å². The van der Waals surface area contributed by atoms with Gasteiger partial charge in [0.2, 0.25) is 5.91 Å². The number of nitrogens with one attached hydrogen (secondary N) is 1. The Labute approximate surface area is 177 Å². The smallest absolute Gasteiger partial charge is 0.225 e. The average molecular weight is 417 g/mol. The maximum Gasteiger partial charge on any atom is 0.225 e. The number of nitrogens with zero attached hydrogens (tertiary/aromatic N) is 3. The van der Waals surface area contributed by atoms with Gasteiger partial charge in [-0.2, -0.15) is 5.10 Å². The topological polar surface area (TPSA) is 59.4 Å². The number of morpholine rings is 1. The third-order valence-corrected chi connectivity index (χ3v) is 7.43. The molecule has 0 aromatic carbocycles. The standard InChI is InChI=1S/C22H32N4O2S/c1-16-19(17(2)25(3)24-16)14-26-10-11-28-22(15-26)9-5-4-8-20(22)23-21(27)13-18-7-6-12-29-18/h6-7,12,20H,4-5,8-11,13-15H2,1-3H3,(H,23,27)/t20-,22+/m1/s1. The Bertz CT molecular complexity index is 843. The molecular formula is C22H32N4O2S. The van der Waals surface area contributed by atoms with Crippen molar-refractivity contribution in [2.75, 3.05) is 19.7 Å². The van der Waals surface area contributed by atoms with Gasteiger partial charge >= 0.3 is 0 Å². The summed E-state index contributed by atoms with van der Waals surface area (Å²) >= 11 is 1.64. The van der Waals surface area contributed by atoms with Crippen LogP contribution in [0.5, 0.6) is 0 Å². The molecule has 1 aliphatic carbocycles. The Morgan fingerprint density at radius 2 is 2.28 bits per heavy atom. The van der Waals surface area contributed by atoms with E-state index < -0.39 is 0 Å². The fourth-order valence-electron chi connectivity index (χ4n) is 4.88. The maximum atomic E-state index is 12.7. The molecule has 1 amide bonds. The van der Waals surface area contributed by atoms with Crippen LogP contribution in [0.4, 0.5) is 0 Å². The van der Waals surface area contributed by atoms with Crippen LogP contribution in [-0.4, -0.2) is 51.9 Å². The van der Waals surface area contributed by atoms with E-state index in [-0.39, 0.29) is 17.6 Å². The zero-order valence-corrected chi connectivity index (χ0v) is 18.6. The van der Waals surface area contributed by atoms with Gasteiger partial charge in [0.1, 0.15) is 5.60 Å². The number of aromatic nitrogens is 2. The first-order valence-electron chi connectivity index (χ1n) is 10.6. The lowest BCUT2D eigenvalue weighted by molar-refractivity contribution is -0.151. The van der Waals surface area contributed by atoms with Crippen molar-refractivity contribution in [3.63, 3.8) is 0 Å². The molecule has 2 fully saturated rings. The molecule has 1 saturated carbocycles. The highest BCUT2D eigenvalue weighted by molar-refractivity contribution is 7.10. The third-order valence-electron chi connectivity index (χ3n) is 6.56. The molecule has 1 N–H and O–H groups in total. The summed E-state index contributed by atoms with van der Waals surface area (Å²) in [5, 5.41) is 9.92. The van der Waals surface area contributed by atoms with Gasteiger partial charge < -0.3 is 10.1 Å². The predicted octanol–water partition coefficient (Wildman–Crippen LogP) is 2.97. The highest BCUT2D eigenvalue weighted by atomic mass is 32.1. The summed E-state index contributed by atoms with van der Waals surface area (Å²) in [5.74, 6) is 0.110. The molecule has 6 nitrogen and oxygen atoms in total. The van der Waals surface area contributed by atoms with Gasteiger partial charge in [0.05, 0.1) is 24.8 Å². The molecule has 2 aromatic heterocycles. The van der Waals surface area contributed by atoms with Crippen molar-refractivity contribution >= 4 is 17.2 Å². The Hall–Kier alpha value is -1.70. The van der Waals surface area contributed by atoms with Crippen molar-refractivity contribution in [1.82, 2.24) is 20.0 Å². The Balaban J connectivity index is 1.45. The Kier molecular flexibility index (Phi) is 6.08. The van der Waals surface area contributed by atoms with Crippen molar-refractivity contribution in [3.8, 4) is 0 Å². The van der Waals surface area contributed by atoms with Crippen molar-refractivity contribution in [2.24, 2.45) is 7.05 Å². The molecule has 1 aliphatic heterocycles. The quantitative estimate of drug-likeness (QED) is 0.814. The van der Waals surface area contributed by atoms with Gasteiger partial charge in [0.15, 0.2) is 0 Å². The van der Waals surface area contributed by atoms with Gasteiger partial charge in [-0.1, -0.05) is 18.9 Å². The van der Waals surface area contributed by atoms with Crippen LogP contribution in [0.2, 0.25) is 0 Å². The molecule has 0 bridgehead atoms. The van der Waals surface area contributed by atoms with Gasteiger partial charge in [-0.3, -0.25) is 14.4 Å². The summed E-state index contributed by atoms with van der Waals surface area (Å²) in [5.41, 5.74) is 3.38. The molecule has 4 rings (SSSR count). The highest BCUT2D eigenvalue weighted by Gasteiger charge is 2.45. The lowest BCUT2D eigenvalue weighted by atomic mass is 9.78. The van der Waals surface area contributed by atoms with Crippen molar-refractivity contribution in [3.05, 3.63) is 39.3 Å². The summed E-state index contributed by atoms with van der Waals surface area (Å²) in [6.45, 7) is 7.63. The van der Waals surface area contributed by atoms with Crippen LogP contribution in [0.3, 0.4) is 0 Å². The highest BCUT2D eigenvalue weighted by Crippen LogP contribution is 2.35. The zero-order chi connectivity index (χ0) is 20.4. The van der Waals surface area contributed by atoms with Crippen LogP contribution >= 0.6 is 11.3 Å². The van der Waals surface area contributed by atoms with Crippen molar-refractivity contribution in [1.29, 1.82) is 0 Å². The molecule has 0 radical (unpaired) electrons. The van der Waals surface area contributed by atoms with Crippen molar-refractivity contribution in [2.45, 2.75) is 64.1 Å². The minimum atomic E-state index is -0.272. The first kappa shape index (κ1) is 20.6. The van der Waals surface area contributed by atoms with E-state index in [9.17, 15) is 4.79 Å². The predicted molar refractivity (Wildman–Crippen MR) is 115 cm³/mol. The summed E-state index contributed by atoms with van der Waals surface area (Å²) in [7, 11) is 2.01. The number of aryl methyl sites for hydroxylation is 2. The van der Waals surface area contributed by atoms with E-state index in [1.165, 1.54) is 11.3 Å². The maximum absolute atomic E-state index is 12.7. The average Bonchev–Trinajstić information content (AvgIpc) is 3.28. The normalized spacial score (nSPS) is 25.4. The molecule has 0 unspecified atom stereocenters. The molecule has 7 heteroatoms. The zero-order valence-electron chi connectivity index (χ0n) is 17.7. The van der Waals surface area contributed by atoms with E-state index in [4.69, 9.17) is 4.74 Å². The lowest BCUT2D eigenvalue weighted by Gasteiger charge is -2.49. The molecule has 158 valence electrons. The molecule has 3 heterocycles. The number of ether oxygens (including phenoxy) is 1. The number of carbonyl (C=O) groups excluding carboxylic acids is 1. The van der Waals surface area contributed by atoms with E-state index in [1.54, 1.807) is 11.3 Å². The molecule has 29 heavy (non-hydrogen) atoms. The fraction of sp³-hybridized carbons (Fsp3) is 0.636. The molecule has 2 atom stereocenters. The lowest BCUT2D eigenvalue weighted by Crippen LogP contribution is -2.64. The fourth-order valence-corrected chi connectivity index (χ4v) is 5.58. The van der Waals surface area contributed by atoms with E-state index in [0.29, 0.717) is 6.42 Å². The monoisotopic (exact) mass is 416 g/mol.